The van der Waals surface area contributed by atoms with Crippen molar-refractivity contribution in [2.24, 2.45) is 9.98 Å². The Morgan fingerprint density at radius 2 is 1.05 bits per heavy atom. The van der Waals surface area contributed by atoms with Gasteiger partial charge in [-0.25, -0.2) is 15.0 Å². The number of hydrogen-bond donors (Lipinski definition) is 8. The van der Waals surface area contributed by atoms with E-state index in [0.29, 0.717) is 44.2 Å². The second-order valence-electron chi connectivity index (χ2n) is 18.3. The third kappa shape index (κ3) is 13.1. The number of carbonyl (C=O) groups is 4. The van der Waals surface area contributed by atoms with Crippen LogP contribution in [0.4, 0.5) is 45.8 Å². The Hall–Kier alpha value is -11.3. The predicted octanol–water partition coefficient (Wildman–Crippen LogP) is 8.15. The number of para-hydroxylation sites is 2. The fourth-order valence-corrected chi connectivity index (χ4v) is 9.83. The minimum atomic E-state index is -0.0627. The van der Waals surface area contributed by atoms with Crippen molar-refractivity contribution in [3.8, 4) is 16.1 Å². The number of thiophene rings is 1. The molecule has 83 heavy (non-hydrogen) atoms. The van der Waals surface area contributed by atoms with E-state index in [2.05, 4.69) is 126 Å². The minimum absolute atomic E-state index is 0.0173. The topological polar surface area (TPSA) is 298 Å². The molecule has 12 heterocycles. The molecule has 16 rings (SSSR count). The first kappa shape index (κ1) is 53.7. The van der Waals surface area contributed by atoms with Gasteiger partial charge in [-0.3, -0.25) is 38.7 Å². The lowest BCUT2D eigenvalue weighted by Gasteiger charge is -2.17. The van der Waals surface area contributed by atoms with Crippen molar-refractivity contribution in [3.05, 3.63) is 216 Å². The van der Waals surface area contributed by atoms with Gasteiger partial charge in [-0.2, -0.15) is 0 Å². The fourth-order valence-electron chi connectivity index (χ4n) is 8.94. The zero-order valence-corrected chi connectivity index (χ0v) is 44.8. The number of aromatic nitrogens is 8. The summed E-state index contributed by atoms with van der Waals surface area (Å²) in [5, 5.41) is 37.7. The number of pyridine rings is 2. The Balaban J connectivity index is 0.000000107. The maximum Gasteiger partial charge on any atom is 0.243 e. The summed E-state index contributed by atoms with van der Waals surface area (Å²) in [7, 11) is 0. The zero-order valence-electron chi connectivity index (χ0n) is 44.0. The van der Waals surface area contributed by atoms with E-state index < -0.39 is 0 Å². The smallest absolute Gasteiger partial charge is 0.243 e. The second kappa shape index (κ2) is 25.7. The Morgan fingerprint density at radius 1 is 0.470 bits per heavy atom. The Morgan fingerprint density at radius 3 is 1.80 bits per heavy atom. The van der Waals surface area contributed by atoms with Gasteiger partial charge in [-0.1, -0.05) is 102 Å². The van der Waals surface area contributed by atoms with Gasteiger partial charge >= 0.3 is 0 Å². The highest BCUT2D eigenvalue weighted by Gasteiger charge is 2.23. The van der Waals surface area contributed by atoms with Crippen LogP contribution in [0.2, 0.25) is 0 Å². The monoisotopic (exact) mass is 1120 g/mol. The molecule has 0 saturated carbocycles. The molecule has 24 heteroatoms. The van der Waals surface area contributed by atoms with E-state index in [1.54, 1.807) is 54.7 Å². The van der Waals surface area contributed by atoms with Gasteiger partial charge in [0.2, 0.25) is 23.6 Å². The average molecular weight is 1120 g/mol. The number of fused-ring (bicyclic) bond motifs is 10. The summed E-state index contributed by atoms with van der Waals surface area (Å²) in [6.07, 6.45) is 11.5. The van der Waals surface area contributed by atoms with E-state index in [-0.39, 0.29) is 30.2 Å². The number of carbonyl (C=O) groups excluding carboxylic acids is 4. The molecule has 6 aliphatic heterocycles. The Bertz CT molecular complexity index is 3770. The highest BCUT2D eigenvalue weighted by molar-refractivity contribution is 7.13. The normalized spacial score (nSPS) is 14.0. The summed E-state index contributed by atoms with van der Waals surface area (Å²) in [6.45, 7) is 2.39. The van der Waals surface area contributed by atoms with Crippen molar-refractivity contribution in [2.75, 3.05) is 68.7 Å². The van der Waals surface area contributed by atoms with Crippen molar-refractivity contribution >= 4 is 92.1 Å². The van der Waals surface area contributed by atoms with Crippen LogP contribution in [0.15, 0.2) is 197 Å². The molecule has 4 aromatic carbocycles. The van der Waals surface area contributed by atoms with Gasteiger partial charge in [0.15, 0.2) is 17.4 Å². The van der Waals surface area contributed by atoms with Crippen LogP contribution in [0.3, 0.4) is 0 Å². The maximum atomic E-state index is 10.9. The van der Waals surface area contributed by atoms with Crippen LogP contribution >= 0.6 is 11.3 Å². The van der Waals surface area contributed by atoms with Gasteiger partial charge in [0.1, 0.15) is 42.3 Å². The number of aliphatic imine (C=N–C) groups is 2. The first-order valence-electron chi connectivity index (χ1n) is 25.9. The third-order valence-electron chi connectivity index (χ3n) is 12.8. The van der Waals surface area contributed by atoms with E-state index >= 15 is 0 Å². The van der Waals surface area contributed by atoms with E-state index in [1.807, 2.05) is 89.5 Å². The predicted molar refractivity (Wildman–Crippen MR) is 318 cm³/mol. The Labute approximate surface area is 477 Å². The maximum absolute atomic E-state index is 10.9. The first-order chi connectivity index (χ1) is 40.8. The molecule has 0 fully saturated rings. The quantitative estimate of drug-likeness (QED) is 0.0810. The summed E-state index contributed by atoms with van der Waals surface area (Å²) in [5.41, 5.74) is 13.7. The molecule has 0 bridgehead atoms. The number of benzene rings is 4. The van der Waals surface area contributed by atoms with Crippen molar-refractivity contribution in [1.82, 2.24) is 39.9 Å². The van der Waals surface area contributed by atoms with Gasteiger partial charge < -0.3 is 47.1 Å². The standard InChI is InChI=1S/C17H12N2O.C14H10N4S.C8H8N2O.2C7H7N3O.C6H6N4O/c1-2-6-12(7-3-1)17-14-9-5-4-8-13(14)15-10-19-20-16(15)11-18-17;1-2-4-10(5-3-1)13-11-6-7-19-14(11)18-9-16-17-12(18)8-15-13;11-8-5-9-6-3-1-2-4-7(6)10-8;11-7-4-9-5-1-2-8-3-6(5)10-7;11-6-4-9-7-5(10-6)2-1-3-8-7;11-5-2-8-6-4(10-5)1-7-3-9-6/h1-10H,11H2;1-7,9H,8H2;1-4,9H,5H2,(H,10,11);1-3,9H,4H2,(H,10,11);1-3H,4H2,(H,8,9)(H,10,11);1,3H,2H2,(H,10,11)(H,7,8,9). The number of nitrogens with one attached hydrogen (secondary N) is 8. The minimum Gasteiger partial charge on any atom is -0.374 e. The second-order valence-corrected chi connectivity index (χ2v) is 19.2. The van der Waals surface area contributed by atoms with E-state index in [1.165, 1.54) is 6.33 Å². The van der Waals surface area contributed by atoms with E-state index in [0.717, 1.165) is 95.6 Å². The van der Waals surface area contributed by atoms with Crippen molar-refractivity contribution in [3.63, 3.8) is 0 Å². The van der Waals surface area contributed by atoms with Gasteiger partial charge in [-0.15, -0.1) is 21.5 Å². The van der Waals surface area contributed by atoms with Crippen molar-refractivity contribution < 1.29 is 23.7 Å². The van der Waals surface area contributed by atoms with Crippen LogP contribution in [0.1, 0.15) is 33.8 Å². The molecule has 0 saturated heterocycles. The van der Waals surface area contributed by atoms with Crippen LogP contribution in [0.25, 0.3) is 16.1 Å². The zero-order chi connectivity index (χ0) is 56.7. The number of rotatable bonds is 2. The third-order valence-corrected chi connectivity index (χ3v) is 13.7. The van der Waals surface area contributed by atoms with E-state index in [4.69, 9.17) is 14.5 Å². The highest BCUT2D eigenvalue weighted by atomic mass is 32.1. The molecule has 0 aliphatic carbocycles. The highest BCUT2D eigenvalue weighted by Crippen LogP contribution is 2.33. The van der Waals surface area contributed by atoms with E-state index in [9.17, 15) is 19.2 Å². The summed E-state index contributed by atoms with van der Waals surface area (Å²) < 4.78 is 7.35. The first-order valence-corrected chi connectivity index (χ1v) is 26.8. The van der Waals surface area contributed by atoms with Crippen molar-refractivity contribution in [1.29, 1.82) is 0 Å². The lowest BCUT2D eigenvalue weighted by molar-refractivity contribution is -0.115. The molecule has 0 unspecified atom stereocenters. The summed E-state index contributed by atoms with van der Waals surface area (Å²) in [5.74, 6) is 3.04. The molecule has 8 N–H and O–H groups in total. The molecule has 4 amide bonds. The molecule has 0 radical (unpaired) electrons. The molecule has 0 atom stereocenters. The molecule has 10 aromatic rings. The molecule has 23 nitrogen and oxygen atoms in total. The molecule has 6 aromatic heterocycles. The van der Waals surface area contributed by atoms with Gasteiger partial charge in [-0.05, 0) is 47.3 Å². The van der Waals surface area contributed by atoms with Crippen LogP contribution in [-0.4, -0.2) is 101 Å². The lowest BCUT2D eigenvalue weighted by atomic mass is 9.95. The molecule has 0 spiro atoms. The molecule has 6 aliphatic rings. The van der Waals surface area contributed by atoms with Crippen LogP contribution in [0.5, 0.6) is 0 Å². The van der Waals surface area contributed by atoms with Gasteiger partial charge in [0.05, 0.1) is 84.6 Å². The number of anilines is 8. The van der Waals surface area contributed by atoms with Crippen molar-refractivity contribution in [2.45, 2.75) is 13.1 Å². The lowest BCUT2D eigenvalue weighted by Crippen LogP contribution is -2.28. The van der Waals surface area contributed by atoms with Gasteiger partial charge in [0, 0.05) is 40.2 Å². The SMILES string of the molecule is O=C1CNc2ccccc2N1.O=C1CNc2ccncc2N1.O=C1CNc2ncccc2N1.O=C1CNc2ncncc2N1.c1ccc(C2=NCc3nncn3-c3sccc32)cc1.c1ccc(C2=NCc3oncc3-c3ccccc32)cc1. The largest absolute Gasteiger partial charge is 0.374 e. The summed E-state index contributed by atoms with van der Waals surface area (Å²) in [6, 6.07) is 44.0. The van der Waals surface area contributed by atoms with Crippen LogP contribution in [0, 0.1) is 0 Å². The van der Waals surface area contributed by atoms with Crippen LogP contribution in [-0.2, 0) is 32.3 Å². The number of hydrogen-bond acceptors (Lipinski definition) is 19. The summed E-state index contributed by atoms with van der Waals surface area (Å²) in [4.78, 5) is 68.3. The molecular weight excluding hydrogens is 1070 g/mol. The number of amides is 4. The summed E-state index contributed by atoms with van der Waals surface area (Å²) >= 11 is 1.69. The number of nitrogens with zero attached hydrogens (tertiary/aromatic N) is 10. The Kier molecular flexibility index (Phi) is 16.6. The van der Waals surface area contributed by atoms with Gasteiger partial charge in [0.25, 0.3) is 0 Å². The average Bonchev–Trinajstić information content (AvgIpc) is 4.51. The molecular formula is C59H50N18O5S. The fraction of sp³-hybridized carbons (Fsp3) is 0.102. The molecule has 412 valence electrons. The van der Waals surface area contributed by atoms with Crippen LogP contribution < -0.4 is 42.5 Å².